The molecule has 1 aromatic carbocycles. The minimum atomic E-state index is -1.22. The zero-order valence-corrected chi connectivity index (χ0v) is 7.31. The van der Waals surface area contributed by atoms with Crippen molar-refractivity contribution in [2.24, 2.45) is 11.5 Å². The Labute approximate surface area is 80.3 Å². The summed E-state index contributed by atoms with van der Waals surface area (Å²) in [5.41, 5.74) is 10.8. The quantitative estimate of drug-likeness (QED) is 0.623. The molecule has 0 aliphatic heterocycles. The molecule has 74 valence electrons. The second-order valence-electron chi connectivity index (χ2n) is 2.77. The molecule has 0 saturated heterocycles. The van der Waals surface area contributed by atoms with Crippen molar-refractivity contribution in [2.45, 2.75) is 6.04 Å². The third kappa shape index (κ3) is 1.89. The predicted octanol–water partition coefficient (Wildman–Crippen LogP) is -0.130. The molecule has 5 nitrogen and oxygen atoms in total. The van der Waals surface area contributed by atoms with E-state index in [1.807, 2.05) is 0 Å². The molecule has 5 N–H and O–H groups in total. The van der Waals surface area contributed by atoms with Crippen molar-refractivity contribution in [3.8, 4) is 0 Å². The minimum absolute atomic E-state index is 0.141. The number of aliphatic carboxylic acids is 1. The van der Waals surface area contributed by atoms with Crippen LogP contribution in [0.1, 0.15) is 22.0 Å². The van der Waals surface area contributed by atoms with Crippen LogP contribution in [0.25, 0.3) is 0 Å². The maximum absolute atomic E-state index is 10.9. The summed E-state index contributed by atoms with van der Waals surface area (Å²) in [5, 5.41) is 8.66. The summed E-state index contributed by atoms with van der Waals surface area (Å²) in [6.45, 7) is 0. The first-order chi connectivity index (χ1) is 6.54. The first-order valence-corrected chi connectivity index (χ1v) is 3.91. The Bertz CT molecular complexity index is 376. The van der Waals surface area contributed by atoms with Crippen LogP contribution >= 0.6 is 0 Å². The topological polar surface area (TPSA) is 106 Å². The number of carbonyl (C=O) groups is 2. The number of benzene rings is 1. The lowest BCUT2D eigenvalue weighted by Crippen LogP contribution is -2.25. The molecular formula is C9H10N2O3. The number of hydrogen-bond acceptors (Lipinski definition) is 3. The average molecular weight is 194 g/mol. The lowest BCUT2D eigenvalue weighted by Gasteiger charge is -2.09. The summed E-state index contributed by atoms with van der Waals surface area (Å²) in [7, 11) is 0. The van der Waals surface area contributed by atoms with E-state index >= 15 is 0 Å². The molecule has 0 saturated carbocycles. The van der Waals surface area contributed by atoms with E-state index in [1.165, 1.54) is 12.1 Å². The normalized spacial score (nSPS) is 12.1. The number of carboxylic acid groups (broad SMARTS) is 1. The number of amides is 1. The van der Waals surface area contributed by atoms with E-state index in [-0.39, 0.29) is 11.1 Å². The number of hydrogen-bond donors (Lipinski definition) is 3. The van der Waals surface area contributed by atoms with Crippen LogP contribution in [0.2, 0.25) is 0 Å². The molecule has 0 fully saturated rings. The molecule has 14 heavy (non-hydrogen) atoms. The summed E-state index contributed by atoms with van der Waals surface area (Å²) >= 11 is 0. The number of primary amides is 1. The van der Waals surface area contributed by atoms with E-state index < -0.39 is 17.9 Å². The van der Waals surface area contributed by atoms with Gasteiger partial charge in [0.2, 0.25) is 5.91 Å². The molecular weight excluding hydrogens is 184 g/mol. The second kappa shape index (κ2) is 3.89. The maximum atomic E-state index is 10.9. The summed E-state index contributed by atoms with van der Waals surface area (Å²) in [4.78, 5) is 21.5. The van der Waals surface area contributed by atoms with Gasteiger partial charge in [-0.3, -0.25) is 9.59 Å². The number of carboxylic acids is 1. The van der Waals surface area contributed by atoms with Crippen LogP contribution in [-0.2, 0) is 4.79 Å². The van der Waals surface area contributed by atoms with Crippen molar-refractivity contribution in [1.82, 2.24) is 0 Å². The Morgan fingerprint density at radius 1 is 1.29 bits per heavy atom. The van der Waals surface area contributed by atoms with Crippen molar-refractivity contribution in [3.63, 3.8) is 0 Å². The SMILES string of the molecule is NC(=O)c1ccccc1C(N)C(=O)O. The third-order valence-electron chi connectivity index (χ3n) is 1.83. The first kappa shape index (κ1) is 10.2. The molecule has 1 aromatic rings. The highest BCUT2D eigenvalue weighted by molar-refractivity contribution is 5.96. The van der Waals surface area contributed by atoms with Crippen LogP contribution in [0.3, 0.4) is 0 Å². The van der Waals surface area contributed by atoms with Gasteiger partial charge in [0.15, 0.2) is 0 Å². The molecule has 0 spiro atoms. The number of carbonyl (C=O) groups excluding carboxylic acids is 1. The highest BCUT2D eigenvalue weighted by Crippen LogP contribution is 2.15. The summed E-state index contributed by atoms with van der Waals surface area (Å²) in [6, 6.07) is 4.89. The predicted molar refractivity (Wildman–Crippen MR) is 49.5 cm³/mol. The molecule has 1 unspecified atom stereocenters. The molecule has 0 aliphatic rings. The number of rotatable bonds is 3. The van der Waals surface area contributed by atoms with Crippen LogP contribution in [-0.4, -0.2) is 17.0 Å². The lowest BCUT2D eigenvalue weighted by molar-refractivity contribution is -0.138. The summed E-state index contributed by atoms with van der Waals surface area (Å²) < 4.78 is 0. The van der Waals surface area contributed by atoms with E-state index in [2.05, 4.69) is 0 Å². The molecule has 1 rings (SSSR count). The number of nitrogens with two attached hydrogens (primary N) is 2. The van der Waals surface area contributed by atoms with Crippen LogP contribution in [0, 0.1) is 0 Å². The van der Waals surface area contributed by atoms with Crippen LogP contribution in [0.15, 0.2) is 24.3 Å². The first-order valence-electron chi connectivity index (χ1n) is 3.91. The largest absolute Gasteiger partial charge is 0.480 e. The van der Waals surface area contributed by atoms with Gasteiger partial charge in [0.1, 0.15) is 6.04 Å². The second-order valence-corrected chi connectivity index (χ2v) is 2.77. The van der Waals surface area contributed by atoms with Gasteiger partial charge in [-0.2, -0.15) is 0 Å². The fourth-order valence-electron chi connectivity index (χ4n) is 1.13. The minimum Gasteiger partial charge on any atom is -0.480 e. The zero-order valence-electron chi connectivity index (χ0n) is 7.31. The van der Waals surface area contributed by atoms with E-state index in [1.54, 1.807) is 12.1 Å². The molecule has 0 aromatic heterocycles. The van der Waals surface area contributed by atoms with E-state index in [4.69, 9.17) is 16.6 Å². The van der Waals surface area contributed by atoms with E-state index in [0.717, 1.165) is 0 Å². The van der Waals surface area contributed by atoms with E-state index in [0.29, 0.717) is 0 Å². The molecule has 5 heteroatoms. The van der Waals surface area contributed by atoms with Crippen LogP contribution in [0.5, 0.6) is 0 Å². The Balaban J connectivity index is 3.19. The molecule has 0 heterocycles. The monoisotopic (exact) mass is 194 g/mol. The van der Waals surface area contributed by atoms with Gasteiger partial charge in [-0.05, 0) is 11.6 Å². The van der Waals surface area contributed by atoms with Gasteiger partial charge in [0, 0.05) is 5.56 Å². The summed E-state index contributed by atoms with van der Waals surface area (Å²) in [5.74, 6) is -1.88. The lowest BCUT2D eigenvalue weighted by atomic mass is 10.0. The molecule has 0 aliphatic carbocycles. The Morgan fingerprint density at radius 2 is 1.86 bits per heavy atom. The van der Waals surface area contributed by atoms with Crippen molar-refractivity contribution < 1.29 is 14.7 Å². The molecule has 0 bridgehead atoms. The van der Waals surface area contributed by atoms with Gasteiger partial charge in [-0.25, -0.2) is 0 Å². The van der Waals surface area contributed by atoms with Crippen molar-refractivity contribution >= 4 is 11.9 Å². The van der Waals surface area contributed by atoms with Crippen molar-refractivity contribution in [1.29, 1.82) is 0 Å². The average Bonchev–Trinajstić information content (AvgIpc) is 2.16. The van der Waals surface area contributed by atoms with Gasteiger partial charge in [0.05, 0.1) is 0 Å². The fraction of sp³-hybridized carbons (Fsp3) is 0.111. The maximum Gasteiger partial charge on any atom is 0.325 e. The molecule has 0 radical (unpaired) electrons. The fourth-order valence-corrected chi connectivity index (χ4v) is 1.13. The van der Waals surface area contributed by atoms with Crippen molar-refractivity contribution in [2.75, 3.05) is 0 Å². The standard InChI is InChI=1S/C9H10N2O3/c10-7(9(13)14)5-3-1-2-4-6(5)8(11)12/h1-4,7H,10H2,(H2,11,12)(H,13,14). The van der Waals surface area contributed by atoms with Gasteiger partial charge in [-0.1, -0.05) is 18.2 Å². The highest BCUT2D eigenvalue weighted by Gasteiger charge is 2.19. The summed E-state index contributed by atoms with van der Waals surface area (Å²) in [6.07, 6.45) is 0. The van der Waals surface area contributed by atoms with E-state index in [9.17, 15) is 9.59 Å². The molecule has 1 amide bonds. The third-order valence-corrected chi connectivity index (χ3v) is 1.83. The molecule has 1 atom stereocenters. The Hall–Kier alpha value is -1.88. The highest BCUT2D eigenvalue weighted by atomic mass is 16.4. The van der Waals surface area contributed by atoms with Gasteiger partial charge in [0.25, 0.3) is 0 Å². The zero-order chi connectivity index (χ0) is 10.7. The Kier molecular flexibility index (Phi) is 2.83. The Morgan fingerprint density at radius 3 is 2.36 bits per heavy atom. The van der Waals surface area contributed by atoms with Gasteiger partial charge < -0.3 is 16.6 Å². The van der Waals surface area contributed by atoms with Crippen molar-refractivity contribution in [3.05, 3.63) is 35.4 Å². The smallest absolute Gasteiger partial charge is 0.325 e. The van der Waals surface area contributed by atoms with Gasteiger partial charge >= 0.3 is 5.97 Å². The van der Waals surface area contributed by atoms with Crippen LogP contribution in [0.4, 0.5) is 0 Å². The van der Waals surface area contributed by atoms with Crippen LogP contribution < -0.4 is 11.5 Å². The van der Waals surface area contributed by atoms with Gasteiger partial charge in [-0.15, -0.1) is 0 Å².